The summed E-state index contributed by atoms with van der Waals surface area (Å²) in [5.41, 5.74) is 0.664. The zero-order valence-electron chi connectivity index (χ0n) is 11.5. The van der Waals surface area contributed by atoms with Crippen LogP contribution in [-0.2, 0) is 0 Å². The molecule has 2 rings (SSSR count). The van der Waals surface area contributed by atoms with E-state index in [0.29, 0.717) is 11.6 Å². The Kier molecular flexibility index (Phi) is 5.64. The minimum Gasteiger partial charge on any atom is -0.472 e. The third kappa shape index (κ3) is 4.53. The first-order valence-corrected chi connectivity index (χ1v) is 7.07. The number of nitrogens with zero attached hydrogens (tertiary/aromatic N) is 2. The Bertz CT molecular complexity index is 444. The van der Waals surface area contributed by atoms with Gasteiger partial charge in [-0.2, -0.15) is 0 Å². The average Bonchev–Trinajstić information content (AvgIpc) is 2.46. The van der Waals surface area contributed by atoms with Crippen LogP contribution in [0.15, 0.2) is 12.4 Å². The first kappa shape index (κ1) is 13.8. The Labute approximate surface area is 115 Å². The number of nitrogens with one attached hydrogen (secondary N) is 1. The molecule has 1 N–H and O–H groups in total. The summed E-state index contributed by atoms with van der Waals surface area (Å²) in [5.74, 6) is 6.79. The Morgan fingerprint density at radius 2 is 2.11 bits per heavy atom. The normalized spacial score (nSPS) is 15.6. The van der Waals surface area contributed by atoms with Crippen LogP contribution in [0.3, 0.4) is 0 Å². The molecule has 1 aliphatic rings. The second-order valence-corrected chi connectivity index (χ2v) is 4.68. The Morgan fingerprint density at radius 1 is 1.32 bits per heavy atom. The maximum absolute atomic E-state index is 5.93. The summed E-state index contributed by atoms with van der Waals surface area (Å²) in [6.45, 7) is 4.17. The molecule has 0 saturated carbocycles. The highest BCUT2D eigenvalue weighted by Crippen LogP contribution is 2.16. The summed E-state index contributed by atoms with van der Waals surface area (Å²) >= 11 is 0. The van der Waals surface area contributed by atoms with Crippen molar-refractivity contribution in [2.24, 2.45) is 0 Å². The number of hydrogen-bond donors (Lipinski definition) is 1. The Morgan fingerprint density at radius 3 is 2.89 bits per heavy atom. The fourth-order valence-electron chi connectivity index (χ4n) is 1.98. The molecule has 19 heavy (non-hydrogen) atoms. The molecule has 4 nitrogen and oxygen atoms in total. The zero-order chi connectivity index (χ0) is 13.3. The maximum Gasteiger partial charge on any atom is 0.249 e. The molecule has 4 heteroatoms. The summed E-state index contributed by atoms with van der Waals surface area (Å²) in [6.07, 6.45) is 8.77. The van der Waals surface area contributed by atoms with Gasteiger partial charge in [-0.05, 0) is 38.3 Å². The first-order valence-electron chi connectivity index (χ1n) is 7.07. The zero-order valence-corrected chi connectivity index (χ0v) is 11.5. The predicted molar refractivity (Wildman–Crippen MR) is 75.0 cm³/mol. The standard InChI is InChI=1S/C15H21N3O/c1-2-3-4-5-6-14-15(18-12-11-17-14)19-13-7-9-16-10-8-13/h11-13,16H,2-4,7-10H2,1H3. The van der Waals surface area contributed by atoms with Gasteiger partial charge in [-0.3, -0.25) is 0 Å². The number of piperidine rings is 1. The molecule has 2 heterocycles. The molecule has 0 aromatic carbocycles. The lowest BCUT2D eigenvalue weighted by atomic mass is 10.1. The van der Waals surface area contributed by atoms with Crippen molar-refractivity contribution < 1.29 is 4.74 Å². The van der Waals surface area contributed by atoms with Gasteiger partial charge in [0.2, 0.25) is 5.88 Å². The van der Waals surface area contributed by atoms with Crippen LogP contribution in [0.5, 0.6) is 5.88 Å². The lowest BCUT2D eigenvalue weighted by Crippen LogP contribution is -2.34. The van der Waals surface area contributed by atoms with Crippen LogP contribution in [0.1, 0.15) is 44.7 Å². The summed E-state index contributed by atoms with van der Waals surface area (Å²) in [6, 6.07) is 0. The van der Waals surface area contributed by atoms with E-state index in [9.17, 15) is 0 Å². The van der Waals surface area contributed by atoms with Crippen LogP contribution in [0.25, 0.3) is 0 Å². The topological polar surface area (TPSA) is 47.0 Å². The fraction of sp³-hybridized carbons (Fsp3) is 0.600. The highest BCUT2D eigenvalue weighted by molar-refractivity contribution is 5.35. The van der Waals surface area contributed by atoms with Crippen molar-refractivity contribution in [2.75, 3.05) is 13.1 Å². The largest absolute Gasteiger partial charge is 0.472 e. The van der Waals surface area contributed by atoms with E-state index in [1.165, 1.54) is 0 Å². The number of hydrogen-bond acceptors (Lipinski definition) is 4. The molecule has 0 bridgehead atoms. The van der Waals surface area contributed by atoms with E-state index in [1.807, 2.05) is 0 Å². The molecule has 0 aliphatic carbocycles. The van der Waals surface area contributed by atoms with Crippen molar-refractivity contribution >= 4 is 0 Å². The highest BCUT2D eigenvalue weighted by atomic mass is 16.5. The van der Waals surface area contributed by atoms with Crippen LogP contribution < -0.4 is 10.1 Å². The smallest absolute Gasteiger partial charge is 0.249 e. The van der Waals surface area contributed by atoms with Gasteiger partial charge in [0.15, 0.2) is 5.69 Å². The summed E-state index contributed by atoms with van der Waals surface area (Å²) in [7, 11) is 0. The first-order chi connectivity index (χ1) is 9.40. The van der Waals surface area contributed by atoms with Crippen molar-refractivity contribution in [1.82, 2.24) is 15.3 Å². The molecule has 0 radical (unpaired) electrons. The molecule has 0 unspecified atom stereocenters. The van der Waals surface area contributed by atoms with Crippen LogP contribution in [0, 0.1) is 11.8 Å². The van der Waals surface area contributed by atoms with Crippen LogP contribution in [0.4, 0.5) is 0 Å². The number of unbranched alkanes of at least 4 members (excludes halogenated alkanes) is 2. The molecule has 0 amide bonds. The number of rotatable bonds is 4. The minimum atomic E-state index is 0.231. The lowest BCUT2D eigenvalue weighted by molar-refractivity contribution is 0.155. The molecule has 1 aliphatic heterocycles. The van der Waals surface area contributed by atoms with Crippen LogP contribution >= 0.6 is 0 Å². The molecular formula is C15H21N3O. The summed E-state index contributed by atoms with van der Waals surface area (Å²) in [4.78, 5) is 8.53. The van der Waals surface area contributed by atoms with Crippen molar-refractivity contribution in [1.29, 1.82) is 0 Å². The van der Waals surface area contributed by atoms with Gasteiger partial charge in [-0.1, -0.05) is 19.3 Å². The third-order valence-electron chi connectivity index (χ3n) is 3.09. The van der Waals surface area contributed by atoms with Crippen molar-refractivity contribution in [3.05, 3.63) is 18.1 Å². The van der Waals surface area contributed by atoms with Crippen molar-refractivity contribution in [3.8, 4) is 17.7 Å². The summed E-state index contributed by atoms with van der Waals surface area (Å²) < 4.78 is 5.93. The molecule has 102 valence electrons. The molecule has 0 atom stereocenters. The molecule has 1 saturated heterocycles. The van der Waals surface area contributed by atoms with Gasteiger partial charge in [0.25, 0.3) is 0 Å². The predicted octanol–water partition coefficient (Wildman–Crippen LogP) is 2.15. The van der Waals surface area contributed by atoms with Crippen LogP contribution in [0.2, 0.25) is 0 Å². The van der Waals surface area contributed by atoms with Gasteiger partial charge >= 0.3 is 0 Å². The maximum atomic E-state index is 5.93. The summed E-state index contributed by atoms with van der Waals surface area (Å²) in [5, 5.41) is 3.32. The van der Waals surface area contributed by atoms with Gasteiger partial charge in [0.05, 0.1) is 0 Å². The fourth-order valence-corrected chi connectivity index (χ4v) is 1.98. The highest BCUT2D eigenvalue weighted by Gasteiger charge is 2.16. The number of ether oxygens (including phenoxy) is 1. The van der Waals surface area contributed by atoms with Crippen molar-refractivity contribution in [3.63, 3.8) is 0 Å². The molecule has 1 aromatic heterocycles. The van der Waals surface area contributed by atoms with Gasteiger partial charge in [-0.15, -0.1) is 0 Å². The quantitative estimate of drug-likeness (QED) is 0.665. The van der Waals surface area contributed by atoms with Gasteiger partial charge < -0.3 is 10.1 Å². The molecular weight excluding hydrogens is 238 g/mol. The minimum absolute atomic E-state index is 0.231. The van der Waals surface area contributed by atoms with E-state index in [1.54, 1.807) is 12.4 Å². The van der Waals surface area contributed by atoms with E-state index in [-0.39, 0.29) is 6.10 Å². The average molecular weight is 259 g/mol. The van der Waals surface area contributed by atoms with E-state index in [0.717, 1.165) is 45.2 Å². The Balaban J connectivity index is 2.00. The third-order valence-corrected chi connectivity index (χ3v) is 3.09. The van der Waals surface area contributed by atoms with E-state index >= 15 is 0 Å². The van der Waals surface area contributed by atoms with Gasteiger partial charge in [0, 0.05) is 18.8 Å². The van der Waals surface area contributed by atoms with Gasteiger partial charge in [-0.25, -0.2) is 9.97 Å². The molecule has 1 aromatic rings. The van der Waals surface area contributed by atoms with E-state index < -0.39 is 0 Å². The SMILES string of the molecule is CCCCC#Cc1nccnc1OC1CCNCC1. The second kappa shape index (κ2) is 7.75. The molecule has 0 spiro atoms. The van der Waals surface area contributed by atoms with Gasteiger partial charge in [0.1, 0.15) is 6.10 Å². The van der Waals surface area contributed by atoms with E-state index in [4.69, 9.17) is 4.74 Å². The van der Waals surface area contributed by atoms with Crippen molar-refractivity contribution in [2.45, 2.75) is 45.1 Å². The second-order valence-electron chi connectivity index (χ2n) is 4.68. The van der Waals surface area contributed by atoms with E-state index in [2.05, 4.69) is 34.0 Å². The molecule has 1 fully saturated rings. The Hall–Kier alpha value is -1.60. The monoisotopic (exact) mass is 259 g/mol. The lowest BCUT2D eigenvalue weighted by Gasteiger charge is -2.23. The number of aromatic nitrogens is 2. The van der Waals surface area contributed by atoms with Crippen LogP contribution in [-0.4, -0.2) is 29.2 Å².